The van der Waals surface area contributed by atoms with Gasteiger partial charge in [0.25, 0.3) is 0 Å². The number of hydrogen-bond acceptors (Lipinski definition) is 3. The number of benzene rings is 1. The summed E-state index contributed by atoms with van der Waals surface area (Å²) in [5.41, 5.74) is 3.98. The van der Waals surface area contributed by atoms with Crippen LogP contribution in [0, 0.1) is 22.7 Å². The second kappa shape index (κ2) is 5.77. The summed E-state index contributed by atoms with van der Waals surface area (Å²) in [5, 5.41) is 10.2. The molecule has 0 bridgehead atoms. The van der Waals surface area contributed by atoms with Gasteiger partial charge in [0.05, 0.1) is 5.52 Å². The Balaban J connectivity index is 1.81. The lowest BCUT2D eigenvalue weighted by molar-refractivity contribution is -0.0408. The Morgan fingerprint density at radius 2 is 2.08 bits per heavy atom. The van der Waals surface area contributed by atoms with Crippen molar-refractivity contribution in [3.63, 3.8) is 0 Å². The standard InChI is InChI=1S/C22H29NO3/c1-13-6-5-7-18-21(13,3)9-8-14(2)22(18,4)12-15-10-16(24)11-17-19(15)26-20(25)23-17/h6,10-11,14,18,24H,5,7-9,12H2,1-4H3,(H,23,25)/t14-,18+,21+,22+/m0/s1. The minimum atomic E-state index is -0.463. The molecule has 2 aromatic rings. The van der Waals surface area contributed by atoms with Crippen LogP contribution in [0.4, 0.5) is 0 Å². The predicted octanol–water partition coefficient (Wildman–Crippen LogP) is 5.17. The summed E-state index contributed by atoms with van der Waals surface area (Å²) in [6, 6.07) is 3.34. The number of aromatic nitrogens is 1. The normalized spacial score (nSPS) is 34.5. The fourth-order valence-electron chi connectivity index (χ4n) is 5.86. The number of oxazole rings is 1. The van der Waals surface area contributed by atoms with E-state index in [4.69, 9.17) is 4.42 Å². The van der Waals surface area contributed by atoms with Crippen LogP contribution >= 0.6 is 0 Å². The molecule has 4 nitrogen and oxygen atoms in total. The van der Waals surface area contributed by atoms with Gasteiger partial charge in [0.1, 0.15) is 5.75 Å². The molecule has 0 saturated heterocycles. The lowest BCUT2D eigenvalue weighted by atomic mass is 9.47. The van der Waals surface area contributed by atoms with Crippen molar-refractivity contribution < 1.29 is 9.52 Å². The third-order valence-corrected chi connectivity index (χ3v) is 7.75. The maximum Gasteiger partial charge on any atom is 0.417 e. The van der Waals surface area contributed by atoms with Gasteiger partial charge in [0.15, 0.2) is 5.58 Å². The lowest BCUT2D eigenvalue weighted by Crippen LogP contribution is -2.50. The minimum absolute atomic E-state index is 0.0963. The van der Waals surface area contributed by atoms with Crippen LogP contribution in [0.15, 0.2) is 33.0 Å². The van der Waals surface area contributed by atoms with Gasteiger partial charge in [0.2, 0.25) is 0 Å². The molecular weight excluding hydrogens is 326 g/mol. The second-order valence-electron chi connectivity index (χ2n) is 9.05. The first-order chi connectivity index (χ1) is 12.2. The third kappa shape index (κ3) is 2.45. The Kier molecular flexibility index (Phi) is 3.87. The van der Waals surface area contributed by atoms with Crippen LogP contribution < -0.4 is 5.76 Å². The Bertz CT molecular complexity index is 937. The molecule has 0 spiro atoms. The molecular formula is C22H29NO3. The summed E-state index contributed by atoms with van der Waals surface area (Å²) < 4.78 is 5.42. The average Bonchev–Trinajstić information content (AvgIpc) is 2.94. The molecule has 2 aliphatic carbocycles. The Morgan fingerprint density at radius 3 is 2.85 bits per heavy atom. The molecule has 4 rings (SSSR count). The number of hydrogen-bond donors (Lipinski definition) is 2. The molecule has 0 unspecified atom stereocenters. The zero-order valence-corrected chi connectivity index (χ0v) is 16.2. The third-order valence-electron chi connectivity index (χ3n) is 7.75. The van der Waals surface area contributed by atoms with Gasteiger partial charge in [0, 0.05) is 11.6 Å². The summed E-state index contributed by atoms with van der Waals surface area (Å²) in [5.74, 6) is 0.885. The smallest absolute Gasteiger partial charge is 0.417 e. The second-order valence-corrected chi connectivity index (χ2v) is 9.05. The van der Waals surface area contributed by atoms with Crippen molar-refractivity contribution in [1.29, 1.82) is 0 Å². The number of H-pyrrole nitrogens is 1. The number of aromatic amines is 1. The van der Waals surface area contributed by atoms with Crippen LogP contribution in [0.2, 0.25) is 0 Å². The van der Waals surface area contributed by atoms with E-state index in [1.807, 2.05) is 0 Å². The Hall–Kier alpha value is -1.97. The van der Waals surface area contributed by atoms with Gasteiger partial charge >= 0.3 is 5.76 Å². The van der Waals surface area contributed by atoms with Crippen molar-refractivity contribution in [2.24, 2.45) is 22.7 Å². The van der Waals surface area contributed by atoms with Gasteiger partial charge in [-0.3, -0.25) is 4.98 Å². The maximum atomic E-state index is 11.7. The molecule has 1 fully saturated rings. The zero-order valence-electron chi connectivity index (χ0n) is 16.2. The first-order valence-electron chi connectivity index (χ1n) is 9.76. The molecule has 1 aromatic heterocycles. The molecule has 2 aliphatic rings. The van der Waals surface area contributed by atoms with E-state index in [1.165, 1.54) is 24.8 Å². The molecule has 1 heterocycles. The van der Waals surface area contributed by atoms with Crippen LogP contribution in [0.1, 0.15) is 58.9 Å². The molecule has 1 aromatic carbocycles. The molecule has 140 valence electrons. The van der Waals surface area contributed by atoms with Crippen LogP contribution in [0.25, 0.3) is 11.1 Å². The van der Waals surface area contributed by atoms with E-state index in [-0.39, 0.29) is 16.6 Å². The topological polar surface area (TPSA) is 66.2 Å². The Morgan fingerprint density at radius 1 is 1.31 bits per heavy atom. The molecule has 2 N–H and O–H groups in total. The van der Waals surface area contributed by atoms with E-state index in [2.05, 4.69) is 38.8 Å². The summed E-state index contributed by atoms with van der Waals surface area (Å²) in [4.78, 5) is 14.4. The van der Waals surface area contributed by atoms with Gasteiger partial charge in [-0.2, -0.15) is 0 Å². The van der Waals surface area contributed by atoms with Gasteiger partial charge in [-0.05, 0) is 67.8 Å². The predicted molar refractivity (Wildman–Crippen MR) is 103 cm³/mol. The van der Waals surface area contributed by atoms with Gasteiger partial charge in [-0.15, -0.1) is 0 Å². The lowest BCUT2D eigenvalue weighted by Gasteiger charge is -2.58. The fraction of sp³-hybridized carbons (Fsp3) is 0.591. The highest BCUT2D eigenvalue weighted by Crippen LogP contribution is 2.61. The zero-order chi connectivity index (χ0) is 18.7. The van der Waals surface area contributed by atoms with Gasteiger partial charge in [-0.25, -0.2) is 4.79 Å². The van der Waals surface area contributed by atoms with E-state index < -0.39 is 5.76 Å². The molecule has 4 heteroatoms. The molecule has 26 heavy (non-hydrogen) atoms. The highest BCUT2D eigenvalue weighted by molar-refractivity contribution is 5.78. The van der Waals surface area contributed by atoms with E-state index in [0.717, 1.165) is 18.4 Å². The Labute approximate surface area is 154 Å². The number of phenols is 1. The van der Waals surface area contributed by atoms with Crippen molar-refractivity contribution in [1.82, 2.24) is 4.98 Å². The molecule has 0 aliphatic heterocycles. The van der Waals surface area contributed by atoms with Crippen LogP contribution in [-0.4, -0.2) is 10.1 Å². The highest BCUT2D eigenvalue weighted by Gasteiger charge is 2.53. The SMILES string of the molecule is CC1=CCC[C@H]2[C@](C)(Cc3cc(O)cc4[nH]c(=O)oc34)[C@@H](C)CC[C@]12C. The molecule has 1 saturated carbocycles. The van der Waals surface area contributed by atoms with E-state index in [1.54, 1.807) is 12.1 Å². The summed E-state index contributed by atoms with van der Waals surface area (Å²) in [7, 11) is 0. The minimum Gasteiger partial charge on any atom is -0.508 e. The van der Waals surface area contributed by atoms with Crippen molar-refractivity contribution in [3.05, 3.63) is 39.9 Å². The summed E-state index contributed by atoms with van der Waals surface area (Å²) in [6.45, 7) is 9.49. The molecule has 0 amide bonds. The van der Waals surface area contributed by atoms with Gasteiger partial charge in [-0.1, -0.05) is 32.4 Å². The number of allylic oxidation sites excluding steroid dienone is 2. The van der Waals surface area contributed by atoms with Crippen molar-refractivity contribution in [3.8, 4) is 5.75 Å². The fourth-order valence-corrected chi connectivity index (χ4v) is 5.86. The van der Waals surface area contributed by atoms with Gasteiger partial charge < -0.3 is 9.52 Å². The summed E-state index contributed by atoms with van der Waals surface area (Å²) in [6.07, 6.45) is 8.02. The number of phenolic OH excluding ortho intramolecular Hbond substituents is 1. The largest absolute Gasteiger partial charge is 0.508 e. The molecule has 4 atom stereocenters. The van der Waals surface area contributed by atoms with Crippen molar-refractivity contribution >= 4 is 11.1 Å². The summed E-state index contributed by atoms with van der Waals surface area (Å²) >= 11 is 0. The van der Waals surface area contributed by atoms with E-state index in [0.29, 0.717) is 22.9 Å². The van der Waals surface area contributed by atoms with Crippen LogP contribution in [0.3, 0.4) is 0 Å². The quantitative estimate of drug-likeness (QED) is 0.731. The van der Waals surface area contributed by atoms with Crippen molar-refractivity contribution in [2.75, 3.05) is 0 Å². The first kappa shape index (κ1) is 17.4. The number of nitrogens with one attached hydrogen (secondary N) is 1. The average molecular weight is 355 g/mol. The van der Waals surface area contributed by atoms with E-state index in [9.17, 15) is 9.90 Å². The number of rotatable bonds is 2. The molecule has 0 radical (unpaired) electrons. The van der Waals surface area contributed by atoms with Crippen LogP contribution in [0.5, 0.6) is 5.75 Å². The first-order valence-corrected chi connectivity index (χ1v) is 9.76. The van der Waals surface area contributed by atoms with E-state index >= 15 is 0 Å². The highest BCUT2D eigenvalue weighted by atomic mass is 16.4. The number of fused-ring (bicyclic) bond motifs is 2. The number of aromatic hydroxyl groups is 1. The van der Waals surface area contributed by atoms with Crippen LogP contribution in [-0.2, 0) is 6.42 Å². The van der Waals surface area contributed by atoms with Crippen molar-refractivity contribution in [2.45, 2.75) is 59.8 Å². The monoisotopic (exact) mass is 355 g/mol. The maximum absolute atomic E-state index is 11.7.